The zero-order valence-corrected chi connectivity index (χ0v) is 8.29. The predicted molar refractivity (Wildman–Crippen MR) is 52.2 cm³/mol. The molecule has 0 spiro atoms. The normalized spacial score (nSPS) is 26.5. The summed E-state index contributed by atoms with van der Waals surface area (Å²) in [5.74, 6) is 0. The van der Waals surface area contributed by atoms with E-state index in [4.69, 9.17) is 5.73 Å². The molecule has 0 aromatic heterocycles. The summed E-state index contributed by atoms with van der Waals surface area (Å²) in [6, 6.07) is 0.418. The average molecular weight is 171 g/mol. The molecule has 1 aliphatic heterocycles. The molecule has 0 aromatic carbocycles. The summed E-state index contributed by atoms with van der Waals surface area (Å²) in [5, 5.41) is 0. The zero-order chi connectivity index (χ0) is 8.97. The Balaban J connectivity index is 2.14. The van der Waals surface area contributed by atoms with Crippen LogP contribution in [-0.4, -0.2) is 56.1 Å². The lowest BCUT2D eigenvalue weighted by Crippen LogP contribution is -2.44. The maximum absolute atomic E-state index is 5.88. The van der Waals surface area contributed by atoms with E-state index in [0.717, 1.165) is 13.1 Å². The second-order valence-corrected chi connectivity index (χ2v) is 4.01. The largest absolute Gasteiger partial charge is 0.327 e. The molecular formula is C9H21N3. The van der Waals surface area contributed by atoms with Crippen LogP contribution in [0.2, 0.25) is 0 Å². The monoisotopic (exact) mass is 171 g/mol. The van der Waals surface area contributed by atoms with E-state index in [2.05, 4.69) is 23.9 Å². The molecule has 1 aliphatic rings. The second kappa shape index (κ2) is 4.80. The van der Waals surface area contributed by atoms with Gasteiger partial charge in [-0.05, 0) is 33.5 Å². The second-order valence-electron chi connectivity index (χ2n) is 4.01. The molecule has 1 heterocycles. The first-order chi connectivity index (χ1) is 5.68. The van der Waals surface area contributed by atoms with Crippen molar-refractivity contribution in [2.24, 2.45) is 5.73 Å². The third-order valence-corrected chi connectivity index (χ3v) is 2.41. The number of likely N-dealkylation sites (tertiary alicyclic amines) is 1. The summed E-state index contributed by atoms with van der Waals surface area (Å²) >= 11 is 0. The molecule has 1 fully saturated rings. The molecule has 1 saturated heterocycles. The van der Waals surface area contributed by atoms with Crippen molar-refractivity contribution in [2.45, 2.75) is 18.9 Å². The van der Waals surface area contributed by atoms with Crippen molar-refractivity contribution in [3.8, 4) is 0 Å². The van der Waals surface area contributed by atoms with Crippen molar-refractivity contribution in [1.82, 2.24) is 9.80 Å². The molecule has 1 rings (SSSR count). The Morgan fingerprint density at radius 1 is 1.50 bits per heavy atom. The molecule has 3 nitrogen and oxygen atoms in total. The average Bonchev–Trinajstić information content (AvgIpc) is 2.01. The molecule has 0 aliphatic carbocycles. The first-order valence-corrected chi connectivity index (χ1v) is 4.81. The van der Waals surface area contributed by atoms with Gasteiger partial charge in [0.2, 0.25) is 0 Å². The fourth-order valence-electron chi connectivity index (χ4n) is 1.64. The summed E-state index contributed by atoms with van der Waals surface area (Å²) in [6.45, 7) is 4.64. The van der Waals surface area contributed by atoms with Crippen LogP contribution < -0.4 is 5.73 Å². The van der Waals surface area contributed by atoms with Crippen molar-refractivity contribution in [2.75, 3.05) is 40.3 Å². The Morgan fingerprint density at radius 3 is 2.83 bits per heavy atom. The highest BCUT2D eigenvalue weighted by molar-refractivity contribution is 4.75. The summed E-state index contributed by atoms with van der Waals surface area (Å²) in [4.78, 5) is 4.69. The van der Waals surface area contributed by atoms with Gasteiger partial charge in [0.15, 0.2) is 0 Å². The van der Waals surface area contributed by atoms with Crippen LogP contribution in [0.5, 0.6) is 0 Å². The maximum Gasteiger partial charge on any atom is 0.0168 e. The van der Waals surface area contributed by atoms with Gasteiger partial charge >= 0.3 is 0 Å². The third-order valence-electron chi connectivity index (χ3n) is 2.41. The highest BCUT2D eigenvalue weighted by atomic mass is 15.2. The standard InChI is InChI=1S/C9H21N3/c1-11(2)6-7-12-5-3-4-9(10)8-12/h9H,3-8,10H2,1-2H3/t9-/m1/s1. The van der Waals surface area contributed by atoms with Crippen LogP contribution in [0.25, 0.3) is 0 Å². The number of nitrogens with two attached hydrogens (primary N) is 1. The van der Waals surface area contributed by atoms with Crippen LogP contribution >= 0.6 is 0 Å². The van der Waals surface area contributed by atoms with Crippen molar-refractivity contribution in [1.29, 1.82) is 0 Å². The van der Waals surface area contributed by atoms with E-state index in [1.54, 1.807) is 0 Å². The Bertz CT molecular complexity index is 125. The van der Waals surface area contributed by atoms with E-state index >= 15 is 0 Å². The molecule has 0 radical (unpaired) electrons. The quantitative estimate of drug-likeness (QED) is 0.647. The van der Waals surface area contributed by atoms with Crippen LogP contribution in [0.4, 0.5) is 0 Å². The van der Waals surface area contributed by atoms with Gasteiger partial charge in [0.25, 0.3) is 0 Å². The van der Waals surface area contributed by atoms with Crippen molar-refractivity contribution in [3.05, 3.63) is 0 Å². The summed E-state index contributed by atoms with van der Waals surface area (Å²) in [7, 11) is 4.23. The first-order valence-electron chi connectivity index (χ1n) is 4.81. The van der Waals surface area contributed by atoms with Gasteiger partial charge in [-0.25, -0.2) is 0 Å². The molecule has 2 N–H and O–H groups in total. The fourth-order valence-corrected chi connectivity index (χ4v) is 1.64. The van der Waals surface area contributed by atoms with Crippen molar-refractivity contribution >= 4 is 0 Å². The third kappa shape index (κ3) is 3.52. The van der Waals surface area contributed by atoms with Crippen LogP contribution in [0.15, 0.2) is 0 Å². The van der Waals surface area contributed by atoms with E-state index in [1.807, 2.05) is 0 Å². The number of likely N-dealkylation sites (N-methyl/N-ethyl adjacent to an activating group) is 1. The lowest BCUT2D eigenvalue weighted by molar-refractivity contribution is 0.191. The van der Waals surface area contributed by atoms with E-state index in [9.17, 15) is 0 Å². The van der Waals surface area contributed by atoms with E-state index in [1.165, 1.54) is 25.9 Å². The summed E-state index contributed by atoms with van der Waals surface area (Å²) in [6.07, 6.45) is 2.48. The first kappa shape index (κ1) is 9.96. The van der Waals surface area contributed by atoms with Crippen LogP contribution in [-0.2, 0) is 0 Å². The maximum atomic E-state index is 5.88. The summed E-state index contributed by atoms with van der Waals surface area (Å²) < 4.78 is 0. The Labute approximate surface area is 75.5 Å². The Morgan fingerprint density at radius 2 is 2.25 bits per heavy atom. The minimum Gasteiger partial charge on any atom is -0.327 e. The zero-order valence-electron chi connectivity index (χ0n) is 8.29. The molecule has 0 saturated carbocycles. The molecule has 1 atom stereocenters. The van der Waals surface area contributed by atoms with Crippen LogP contribution in [0.1, 0.15) is 12.8 Å². The number of nitrogens with zero attached hydrogens (tertiary/aromatic N) is 2. The Kier molecular flexibility index (Phi) is 3.98. The van der Waals surface area contributed by atoms with Crippen LogP contribution in [0, 0.1) is 0 Å². The van der Waals surface area contributed by atoms with Gasteiger partial charge in [-0.15, -0.1) is 0 Å². The van der Waals surface area contributed by atoms with Gasteiger partial charge in [0, 0.05) is 25.7 Å². The number of rotatable bonds is 3. The van der Waals surface area contributed by atoms with Gasteiger partial charge in [-0.1, -0.05) is 0 Å². The van der Waals surface area contributed by atoms with Crippen LogP contribution in [0.3, 0.4) is 0 Å². The van der Waals surface area contributed by atoms with E-state index in [0.29, 0.717) is 6.04 Å². The number of piperidine rings is 1. The van der Waals surface area contributed by atoms with Gasteiger partial charge in [-0.2, -0.15) is 0 Å². The minimum atomic E-state index is 0.418. The highest BCUT2D eigenvalue weighted by Gasteiger charge is 2.15. The lowest BCUT2D eigenvalue weighted by Gasteiger charge is -2.31. The molecule has 12 heavy (non-hydrogen) atoms. The molecule has 0 bridgehead atoms. The van der Waals surface area contributed by atoms with Gasteiger partial charge in [0.05, 0.1) is 0 Å². The topological polar surface area (TPSA) is 32.5 Å². The lowest BCUT2D eigenvalue weighted by atomic mass is 10.1. The molecule has 72 valence electrons. The van der Waals surface area contributed by atoms with Crippen molar-refractivity contribution < 1.29 is 0 Å². The highest BCUT2D eigenvalue weighted by Crippen LogP contribution is 2.07. The molecule has 0 unspecified atom stereocenters. The SMILES string of the molecule is CN(C)CCN1CCC[C@@H](N)C1. The number of hydrogen-bond acceptors (Lipinski definition) is 3. The molecular weight excluding hydrogens is 150 g/mol. The number of hydrogen-bond donors (Lipinski definition) is 1. The fraction of sp³-hybridized carbons (Fsp3) is 1.00. The van der Waals surface area contributed by atoms with Gasteiger partial charge in [-0.3, -0.25) is 0 Å². The summed E-state index contributed by atoms with van der Waals surface area (Å²) in [5.41, 5.74) is 5.88. The van der Waals surface area contributed by atoms with Gasteiger partial charge < -0.3 is 15.5 Å². The van der Waals surface area contributed by atoms with E-state index in [-0.39, 0.29) is 0 Å². The molecule has 3 heteroatoms. The van der Waals surface area contributed by atoms with Gasteiger partial charge in [0.1, 0.15) is 0 Å². The molecule has 0 aromatic rings. The van der Waals surface area contributed by atoms with Crippen molar-refractivity contribution in [3.63, 3.8) is 0 Å². The Hall–Kier alpha value is -0.120. The smallest absolute Gasteiger partial charge is 0.0168 e. The molecule has 0 amide bonds. The minimum absolute atomic E-state index is 0.418. The predicted octanol–water partition coefficient (Wildman–Crippen LogP) is -0.0289. The van der Waals surface area contributed by atoms with E-state index < -0.39 is 0 Å².